The van der Waals surface area contributed by atoms with Crippen LogP contribution in [0.1, 0.15) is 6.23 Å². The summed E-state index contributed by atoms with van der Waals surface area (Å²) in [4.78, 5) is 21.7. The third-order valence-electron chi connectivity index (χ3n) is 2.32. The van der Waals surface area contributed by atoms with Gasteiger partial charge in [-0.25, -0.2) is 4.98 Å². The molecule has 0 unspecified atom stereocenters. The Bertz CT molecular complexity index is 592. The topological polar surface area (TPSA) is 139 Å². The van der Waals surface area contributed by atoms with E-state index in [9.17, 15) is 9.90 Å². The molecular formula is C9H13N5O4. The predicted octanol–water partition coefficient (Wildman–Crippen LogP) is -1.80. The normalized spacial score (nSPS) is 13.0. The maximum atomic E-state index is 11.5. The van der Waals surface area contributed by atoms with Crippen molar-refractivity contribution in [2.24, 2.45) is 0 Å². The largest absolute Gasteiger partial charge is 0.394 e. The molecular weight excluding hydrogens is 242 g/mol. The molecule has 0 spiro atoms. The maximum absolute atomic E-state index is 11.5. The second kappa shape index (κ2) is 5.12. The van der Waals surface area contributed by atoms with Crippen LogP contribution in [0.3, 0.4) is 0 Å². The molecule has 0 saturated heterocycles. The monoisotopic (exact) mass is 255 g/mol. The summed E-state index contributed by atoms with van der Waals surface area (Å²) in [6.45, 7) is -0.483. The van der Waals surface area contributed by atoms with E-state index in [1.807, 2.05) is 0 Å². The molecule has 0 aliphatic heterocycles. The Kier molecular flexibility index (Phi) is 3.55. The number of H-pyrrole nitrogens is 1. The number of nitrogens with two attached hydrogens (primary N) is 1. The molecule has 9 heteroatoms. The van der Waals surface area contributed by atoms with Crippen molar-refractivity contribution in [3.63, 3.8) is 0 Å². The summed E-state index contributed by atoms with van der Waals surface area (Å²) in [7, 11) is 0. The van der Waals surface area contributed by atoms with Gasteiger partial charge in [-0.05, 0) is 0 Å². The fraction of sp³-hybridized carbons (Fsp3) is 0.444. The highest BCUT2D eigenvalue weighted by molar-refractivity contribution is 5.70. The molecule has 18 heavy (non-hydrogen) atoms. The number of imidazole rings is 1. The van der Waals surface area contributed by atoms with Gasteiger partial charge in [0.15, 0.2) is 17.4 Å². The van der Waals surface area contributed by atoms with Crippen LogP contribution in [0.25, 0.3) is 11.2 Å². The minimum absolute atomic E-state index is 0.0452. The molecule has 0 aliphatic rings. The molecule has 0 amide bonds. The summed E-state index contributed by atoms with van der Waals surface area (Å²) >= 11 is 0. The van der Waals surface area contributed by atoms with Crippen LogP contribution >= 0.6 is 0 Å². The summed E-state index contributed by atoms with van der Waals surface area (Å²) in [6.07, 6.45) is 0.542. The first kappa shape index (κ1) is 12.5. The summed E-state index contributed by atoms with van der Waals surface area (Å²) in [5.74, 6) is -0.0481. The van der Waals surface area contributed by atoms with Crippen molar-refractivity contribution in [2.75, 3.05) is 25.6 Å². The van der Waals surface area contributed by atoms with Crippen LogP contribution in [-0.4, -0.2) is 49.6 Å². The van der Waals surface area contributed by atoms with Crippen LogP contribution in [0.15, 0.2) is 11.1 Å². The van der Waals surface area contributed by atoms with Gasteiger partial charge in [0.05, 0.1) is 26.1 Å². The van der Waals surface area contributed by atoms with E-state index in [-0.39, 0.29) is 36.9 Å². The van der Waals surface area contributed by atoms with Gasteiger partial charge in [0.2, 0.25) is 5.95 Å². The Balaban J connectivity index is 2.47. The molecule has 2 aromatic heterocycles. The second-order valence-electron chi connectivity index (χ2n) is 3.51. The number of hydrogen-bond acceptors (Lipinski definition) is 7. The Labute approximate surface area is 101 Å². The summed E-state index contributed by atoms with van der Waals surface area (Å²) in [6, 6.07) is 0. The molecule has 2 rings (SSSR count). The van der Waals surface area contributed by atoms with Crippen molar-refractivity contribution in [1.29, 1.82) is 0 Å². The second-order valence-corrected chi connectivity index (χ2v) is 3.51. The quantitative estimate of drug-likeness (QED) is 0.494. The van der Waals surface area contributed by atoms with Crippen molar-refractivity contribution in [3.8, 4) is 0 Å². The number of aliphatic hydroxyl groups is 2. The van der Waals surface area contributed by atoms with Crippen LogP contribution in [0.2, 0.25) is 0 Å². The SMILES string of the molecule is Nc1nc2c(ncn2[C@@H](CO)OCCO)c(=O)[nH]1. The molecule has 0 fully saturated rings. The third-order valence-corrected chi connectivity index (χ3v) is 2.32. The minimum atomic E-state index is -0.782. The highest BCUT2D eigenvalue weighted by Gasteiger charge is 2.16. The Morgan fingerprint density at radius 2 is 2.33 bits per heavy atom. The van der Waals surface area contributed by atoms with Gasteiger partial charge in [0.25, 0.3) is 5.56 Å². The number of nitrogens with zero attached hydrogens (tertiary/aromatic N) is 3. The minimum Gasteiger partial charge on any atom is -0.394 e. The third kappa shape index (κ3) is 2.18. The van der Waals surface area contributed by atoms with Crippen LogP contribution in [0, 0.1) is 0 Å². The van der Waals surface area contributed by atoms with Crippen LogP contribution in [0.5, 0.6) is 0 Å². The molecule has 0 saturated carbocycles. The smallest absolute Gasteiger partial charge is 0.280 e. The van der Waals surface area contributed by atoms with Gasteiger partial charge in [-0.15, -0.1) is 0 Å². The van der Waals surface area contributed by atoms with Crippen molar-refractivity contribution < 1.29 is 14.9 Å². The number of anilines is 1. The number of aromatic amines is 1. The lowest BCUT2D eigenvalue weighted by Gasteiger charge is -2.16. The Morgan fingerprint density at radius 3 is 3.00 bits per heavy atom. The van der Waals surface area contributed by atoms with E-state index < -0.39 is 11.8 Å². The van der Waals surface area contributed by atoms with E-state index in [1.165, 1.54) is 10.9 Å². The number of hydrogen-bond donors (Lipinski definition) is 4. The molecule has 2 heterocycles. The number of aliphatic hydroxyl groups excluding tert-OH is 2. The van der Waals surface area contributed by atoms with Crippen molar-refractivity contribution in [2.45, 2.75) is 6.23 Å². The number of rotatable bonds is 5. The molecule has 0 radical (unpaired) electrons. The fourth-order valence-electron chi connectivity index (χ4n) is 1.56. The number of fused-ring (bicyclic) bond motifs is 1. The predicted molar refractivity (Wildman–Crippen MR) is 61.7 cm³/mol. The fourth-order valence-corrected chi connectivity index (χ4v) is 1.56. The van der Waals surface area contributed by atoms with Crippen LogP contribution in [-0.2, 0) is 4.74 Å². The van der Waals surface area contributed by atoms with Crippen molar-refractivity contribution in [1.82, 2.24) is 19.5 Å². The van der Waals surface area contributed by atoms with E-state index >= 15 is 0 Å². The number of ether oxygens (including phenoxy) is 1. The van der Waals surface area contributed by atoms with Gasteiger partial charge in [0.1, 0.15) is 0 Å². The Hall–Kier alpha value is -1.97. The maximum Gasteiger partial charge on any atom is 0.280 e. The Morgan fingerprint density at radius 1 is 1.56 bits per heavy atom. The number of nitrogen functional groups attached to an aromatic ring is 1. The van der Waals surface area contributed by atoms with Crippen LogP contribution < -0.4 is 11.3 Å². The van der Waals surface area contributed by atoms with Gasteiger partial charge >= 0.3 is 0 Å². The van der Waals surface area contributed by atoms with Crippen molar-refractivity contribution in [3.05, 3.63) is 16.7 Å². The average molecular weight is 255 g/mol. The number of aromatic nitrogens is 4. The first-order chi connectivity index (χ1) is 8.67. The summed E-state index contributed by atoms with van der Waals surface area (Å²) in [5, 5.41) is 17.9. The van der Waals surface area contributed by atoms with E-state index in [1.54, 1.807) is 0 Å². The van der Waals surface area contributed by atoms with Crippen LogP contribution in [0.4, 0.5) is 5.95 Å². The average Bonchev–Trinajstić information content (AvgIpc) is 2.74. The molecule has 0 aromatic carbocycles. The first-order valence-electron chi connectivity index (χ1n) is 5.23. The van der Waals surface area contributed by atoms with Gasteiger partial charge in [-0.2, -0.15) is 4.98 Å². The molecule has 0 aliphatic carbocycles. The van der Waals surface area contributed by atoms with E-state index in [0.717, 1.165) is 0 Å². The molecule has 5 N–H and O–H groups in total. The molecule has 1 atom stereocenters. The lowest BCUT2D eigenvalue weighted by atomic mass is 10.5. The molecule has 9 nitrogen and oxygen atoms in total. The van der Waals surface area contributed by atoms with Crippen molar-refractivity contribution >= 4 is 17.1 Å². The van der Waals surface area contributed by atoms with Gasteiger partial charge in [0, 0.05) is 0 Å². The van der Waals surface area contributed by atoms with E-state index in [0.29, 0.717) is 0 Å². The van der Waals surface area contributed by atoms with E-state index in [4.69, 9.17) is 15.6 Å². The zero-order valence-electron chi connectivity index (χ0n) is 9.41. The highest BCUT2D eigenvalue weighted by atomic mass is 16.5. The number of nitrogens with one attached hydrogen (secondary N) is 1. The summed E-state index contributed by atoms with van der Waals surface area (Å²) < 4.78 is 6.59. The van der Waals surface area contributed by atoms with Gasteiger partial charge in [-0.3, -0.25) is 14.3 Å². The standard InChI is InChI=1S/C9H13N5O4/c10-9-12-7-6(8(17)13-9)11-4-14(7)5(3-16)18-2-1-15/h4-5,15-16H,1-3H2,(H3,10,12,13,17)/t5-/m1/s1. The molecule has 2 aromatic rings. The van der Waals surface area contributed by atoms with E-state index in [2.05, 4.69) is 15.0 Å². The zero-order chi connectivity index (χ0) is 13.1. The zero-order valence-corrected chi connectivity index (χ0v) is 9.41. The summed E-state index contributed by atoms with van der Waals surface area (Å²) in [5.41, 5.74) is 5.30. The first-order valence-corrected chi connectivity index (χ1v) is 5.23. The molecule has 0 bridgehead atoms. The lowest BCUT2D eigenvalue weighted by Crippen LogP contribution is -2.19. The van der Waals surface area contributed by atoms with Gasteiger partial charge < -0.3 is 20.7 Å². The lowest BCUT2D eigenvalue weighted by molar-refractivity contribution is -0.0444. The van der Waals surface area contributed by atoms with Gasteiger partial charge in [-0.1, -0.05) is 0 Å². The highest BCUT2D eigenvalue weighted by Crippen LogP contribution is 2.14. The molecule has 98 valence electrons.